The molecule has 0 amide bonds. The lowest BCUT2D eigenvalue weighted by Crippen LogP contribution is -2.02. The lowest BCUT2D eigenvalue weighted by molar-refractivity contribution is -0.385. The van der Waals surface area contributed by atoms with Gasteiger partial charge in [-0.2, -0.15) is 8.42 Å². The lowest BCUT2D eigenvalue weighted by Gasteiger charge is -1.98. The van der Waals surface area contributed by atoms with Crippen LogP contribution in [0.4, 0.5) is 10.1 Å². The van der Waals surface area contributed by atoms with Crippen molar-refractivity contribution in [2.75, 3.05) is 0 Å². The molecule has 0 heterocycles. The number of halogens is 1. The van der Waals surface area contributed by atoms with Gasteiger partial charge in [-0.3, -0.25) is 14.7 Å². The summed E-state index contributed by atoms with van der Waals surface area (Å²) in [6.45, 7) is 0. The predicted octanol–water partition coefficient (Wildman–Crippen LogP) is 0.981. The fraction of sp³-hybridized carbons (Fsp3) is 0. The molecule has 0 fully saturated rings. The van der Waals surface area contributed by atoms with Crippen molar-refractivity contribution in [2.24, 2.45) is 0 Å². The molecule has 1 aromatic rings. The molecule has 0 spiro atoms. The Balaban J connectivity index is 3.35. The quantitative estimate of drug-likeness (QED) is 0.456. The molecule has 0 saturated carbocycles. The normalized spacial score (nSPS) is 11.3. The molecule has 0 atom stereocenters. The first-order valence-electron chi connectivity index (χ1n) is 3.24. The van der Waals surface area contributed by atoms with Gasteiger partial charge in [-0.05, 0) is 6.07 Å². The van der Waals surface area contributed by atoms with Crippen molar-refractivity contribution in [1.82, 2.24) is 0 Å². The molecule has 0 aromatic heterocycles. The average Bonchev–Trinajstić information content (AvgIpc) is 2.01. The van der Waals surface area contributed by atoms with Crippen LogP contribution in [0.15, 0.2) is 23.1 Å². The van der Waals surface area contributed by atoms with E-state index in [1.165, 1.54) is 0 Å². The molecule has 8 heteroatoms. The maximum atomic E-state index is 12.9. The summed E-state index contributed by atoms with van der Waals surface area (Å²) in [7, 11) is -4.67. The van der Waals surface area contributed by atoms with Crippen LogP contribution in [-0.4, -0.2) is 17.9 Å². The van der Waals surface area contributed by atoms with E-state index >= 15 is 0 Å². The SMILES string of the molecule is O=[N+]([O-])c1ccc(S(=O)(=O)O)c(F)c1. The van der Waals surface area contributed by atoms with Crippen molar-refractivity contribution in [3.63, 3.8) is 0 Å². The first kappa shape index (κ1) is 10.5. The number of hydrogen-bond acceptors (Lipinski definition) is 4. The zero-order valence-corrected chi connectivity index (χ0v) is 7.36. The second kappa shape index (κ2) is 3.31. The molecule has 0 aliphatic heterocycles. The standard InChI is InChI=1S/C6H4FNO5S/c7-5-3-4(8(9)10)1-2-6(5)14(11,12)13/h1-3H,(H,11,12,13). The molecular formula is C6H4FNO5S. The Labute approximate surface area is 77.9 Å². The molecule has 0 bridgehead atoms. The molecule has 6 nitrogen and oxygen atoms in total. The Morgan fingerprint density at radius 1 is 1.43 bits per heavy atom. The van der Waals surface area contributed by atoms with E-state index in [2.05, 4.69) is 0 Å². The monoisotopic (exact) mass is 221 g/mol. The molecule has 0 aliphatic carbocycles. The minimum Gasteiger partial charge on any atom is -0.282 e. The second-order valence-electron chi connectivity index (χ2n) is 2.35. The third-order valence-corrected chi connectivity index (χ3v) is 2.29. The lowest BCUT2D eigenvalue weighted by atomic mass is 10.3. The predicted molar refractivity (Wildman–Crippen MR) is 42.9 cm³/mol. The van der Waals surface area contributed by atoms with E-state index < -0.39 is 31.4 Å². The van der Waals surface area contributed by atoms with E-state index in [1.807, 2.05) is 0 Å². The van der Waals surface area contributed by atoms with Crippen molar-refractivity contribution in [2.45, 2.75) is 4.90 Å². The molecule has 1 rings (SSSR count). The van der Waals surface area contributed by atoms with Gasteiger partial charge in [0.25, 0.3) is 15.8 Å². The van der Waals surface area contributed by atoms with Gasteiger partial charge in [0.2, 0.25) is 0 Å². The van der Waals surface area contributed by atoms with Crippen LogP contribution in [0.3, 0.4) is 0 Å². The smallest absolute Gasteiger partial charge is 0.282 e. The second-order valence-corrected chi connectivity index (χ2v) is 3.74. The minimum absolute atomic E-state index is 0.420. The van der Waals surface area contributed by atoms with Crippen LogP contribution >= 0.6 is 0 Å². The van der Waals surface area contributed by atoms with Crippen molar-refractivity contribution in [3.05, 3.63) is 34.1 Å². The molecule has 1 N–H and O–H groups in total. The van der Waals surface area contributed by atoms with Gasteiger partial charge in [-0.1, -0.05) is 0 Å². The van der Waals surface area contributed by atoms with Crippen LogP contribution in [-0.2, 0) is 10.1 Å². The van der Waals surface area contributed by atoms with Gasteiger partial charge >= 0.3 is 0 Å². The molecule has 0 aliphatic rings. The highest BCUT2D eigenvalue weighted by atomic mass is 32.2. The van der Waals surface area contributed by atoms with Crippen molar-refractivity contribution < 1.29 is 22.3 Å². The Morgan fingerprint density at radius 2 is 2.00 bits per heavy atom. The van der Waals surface area contributed by atoms with Gasteiger partial charge in [0, 0.05) is 6.07 Å². The number of rotatable bonds is 2. The third kappa shape index (κ3) is 2.03. The first-order valence-corrected chi connectivity index (χ1v) is 4.68. The Morgan fingerprint density at radius 3 is 2.36 bits per heavy atom. The van der Waals surface area contributed by atoms with Gasteiger partial charge in [-0.25, -0.2) is 4.39 Å². The average molecular weight is 221 g/mol. The number of nitro benzene ring substituents is 1. The van der Waals surface area contributed by atoms with Crippen LogP contribution < -0.4 is 0 Å². The molecule has 0 unspecified atom stereocenters. The van der Waals surface area contributed by atoms with Gasteiger partial charge in [-0.15, -0.1) is 0 Å². The molecule has 1 aromatic carbocycles. The van der Waals surface area contributed by atoms with Gasteiger partial charge in [0.1, 0.15) is 4.90 Å². The van der Waals surface area contributed by atoms with Gasteiger partial charge in [0.15, 0.2) is 5.82 Å². The fourth-order valence-electron chi connectivity index (χ4n) is 0.813. The van der Waals surface area contributed by atoms with Gasteiger partial charge in [0.05, 0.1) is 11.0 Å². The Hall–Kier alpha value is -1.54. The van der Waals surface area contributed by atoms with E-state index in [0.717, 1.165) is 6.07 Å². The van der Waals surface area contributed by atoms with E-state index in [4.69, 9.17) is 4.55 Å². The van der Waals surface area contributed by atoms with Crippen molar-refractivity contribution in [3.8, 4) is 0 Å². The van der Waals surface area contributed by atoms with Crippen LogP contribution in [0.1, 0.15) is 0 Å². The van der Waals surface area contributed by atoms with E-state index in [0.29, 0.717) is 12.1 Å². The van der Waals surface area contributed by atoms with E-state index in [-0.39, 0.29) is 0 Å². The topological polar surface area (TPSA) is 97.5 Å². The van der Waals surface area contributed by atoms with Crippen molar-refractivity contribution in [1.29, 1.82) is 0 Å². The summed E-state index contributed by atoms with van der Waals surface area (Å²) in [4.78, 5) is 8.28. The molecule has 76 valence electrons. The van der Waals surface area contributed by atoms with Crippen LogP contribution in [0.5, 0.6) is 0 Å². The zero-order valence-electron chi connectivity index (χ0n) is 6.55. The highest BCUT2D eigenvalue weighted by Crippen LogP contribution is 2.19. The summed E-state index contributed by atoms with van der Waals surface area (Å²) >= 11 is 0. The summed E-state index contributed by atoms with van der Waals surface area (Å²) in [5.41, 5.74) is -0.588. The van der Waals surface area contributed by atoms with E-state index in [9.17, 15) is 22.9 Å². The first-order chi connectivity index (χ1) is 6.32. The van der Waals surface area contributed by atoms with Crippen LogP contribution in [0, 0.1) is 15.9 Å². The zero-order chi connectivity index (χ0) is 10.9. The van der Waals surface area contributed by atoms with Crippen molar-refractivity contribution >= 4 is 15.8 Å². The summed E-state index contributed by atoms with van der Waals surface area (Å²) < 4.78 is 42.3. The summed E-state index contributed by atoms with van der Waals surface area (Å²) in [5.74, 6) is -1.36. The summed E-state index contributed by atoms with van der Waals surface area (Å²) in [6.07, 6.45) is 0. The number of nitro groups is 1. The molecule has 14 heavy (non-hydrogen) atoms. The summed E-state index contributed by atoms with van der Waals surface area (Å²) in [6, 6.07) is 1.83. The number of nitrogens with zero attached hydrogens (tertiary/aromatic N) is 1. The number of non-ortho nitro benzene ring substituents is 1. The summed E-state index contributed by atoms with van der Waals surface area (Å²) in [5, 5.41) is 10.1. The Kier molecular flexibility index (Phi) is 2.49. The number of hydrogen-bond donors (Lipinski definition) is 1. The van der Waals surface area contributed by atoms with Crippen LogP contribution in [0.25, 0.3) is 0 Å². The highest BCUT2D eigenvalue weighted by molar-refractivity contribution is 7.85. The maximum absolute atomic E-state index is 12.9. The molecule has 0 radical (unpaired) electrons. The van der Waals surface area contributed by atoms with Gasteiger partial charge < -0.3 is 0 Å². The van der Waals surface area contributed by atoms with Crippen LogP contribution in [0.2, 0.25) is 0 Å². The molecular weight excluding hydrogens is 217 g/mol. The highest BCUT2D eigenvalue weighted by Gasteiger charge is 2.18. The number of benzene rings is 1. The largest absolute Gasteiger partial charge is 0.297 e. The Bertz CT molecular complexity index is 483. The van der Waals surface area contributed by atoms with E-state index in [1.54, 1.807) is 0 Å². The third-order valence-electron chi connectivity index (χ3n) is 1.40. The maximum Gasteiger partial charge on any atom is 0.297 e. The molecule has 0 saturated heterocycles. The fourth-order valence-corrected chi connectivity index (χ4v) is 1.36. The minimum atomic E-state index is -4.67.